The Morgan fingerprint density at radius 3 is 2.18 bits per heavy atom. The van der Waals surface area contributed by atoms with E-state index < -0.39 is 0 Å². The normalized spacial score (nSPS) is 10.8. The van der Waals surface area contributed by atoms with Gasteiger partial charge in [0.2, 0.25) is 0 Å². The van der Waals surface area contributed by atoms with Gasteiger partial charge >= 0.3 is 0 Å². The van der Waals surface area contributed by atoms with E-state index in [4.69, 9.17) is 14.2 Å². The van der Waals surface area contributed by atoms with E-state index in [9.17, 15) is 9.59 Å². The molecule has 0 aliphatic carbocycles. The van der Waals surface area contributed by atoms with Crippen LogP contribution in [0.2, 0.25) is 0 Å². The lowest BCUT2D eigenvalue weighted by Crippen LogP contribution is -2.38. The highest BCUT2D eigenvalue weighted by Crippen LogP contribution is 2.28. The van der Waals surface area contributed by atoms with E-state index in [0.717, 1.165) is 5.56 Å². The molecule has 0 saturated carbocycles. The van der Waals surface area contributed by atoms with Crippen LogP contribution in [0.4, 0.5) is 5.69 Å². The molecular weight excluding hydrogens is 432 g/mol. The Bertz CT molecular complexity index is 1110. The highest BCUT2D eigenvalue weighted by molar-refractivity contribution is 6.04. The summed E-state index contributed by atoms with van der Waals surface area (Å²) >= 11 is 0. The lowest BCUT2D eigenvalue weighted by molar-refractivity contribution is -0.123. The summed E-state index contributed by atoms with van der Waals surface area (Å²) < 4.78 is 16.0. The predicted molar refractivity (Wildman–Crippen MR) is 132 cm³/mol. The van der Waals surface area contributed by atoms with Gasteiger partial charge < -0.3 is 24.8 Å². The molecule has 2 amide bonds. The van der Waals surface area contributed by atoms with Crippen LogP contribution in [0.25, 0.3) is 0 Å². The molecule has 3 aromatic rings. The molecule has 0 radical (unpaired) electrons. The van der Waals surface area contributed by atoms with Crippen LogP contribution in [0.1, 0.15) is 29.8 Å². The summed E-state index contributed by atoms with van der Waals surface area (Å²) in [5, 5.41) is 5.81. The van der Waals surface area contributed by atoms with E-state index in [1.165, 1.54) is 7.11 Å². The van der Waals surface area contributed by atoms with Crippen molar-refractivity contribution in [1.29, 1.82) is 0 Å². The minimum absolute atomic E-state index is 0.0405. The Hall–Kier alpha value is -4.00. The molecule has 7 nitrogen and oxygen atoms in total. The lowest BCUT2D eigenvalue weighted by atomic mass is 9.84. The fraction of sp³-hybridized carbons (Fsp3) is 0.259. The summed E-state index contributed by atoms with van der Waals surface area (Å²) in [7, 11) is 3.07. The van der Waals surface area contributed by atoms with Gasteiger partial charge in [-0.05, 0) is 48.0 Å². The lowest BCUT2D eigenvalue weighted by Gasteiger charge is -2.26. The first-order valence-electron chi connectivity index (χ1n) is 10.9. The SMILES string of the molecule is COc1ccc(C(=O)Nc2ccc(C(C)(C)CNC(=O)COc3ccccc3)cc2)cc1OC. The Morgan fingerprint density at radius 2 is 1.53 bits per heavy atom. The summed E-state index contributed by atoms with van der Waals surface area (Å²) in [5.74, 6) is 1.27. The largest absolute Gasteiger partial charge is 0.493 e. The zero-order valence-corrected chi connectivity index (χ0v) is 19.9. The molecular formula is C27H30N2O5. The second kappa shape index (κ2) is 11.2. The zero-order valence-electron chi connectivity index (χ0n) is 19.9. The number of hydrogen-bond donors (Lipinski definition) is 2. The molecule has 0 aromatic heterocycles. The number of benzene rings is 3. The van der Waals surface area contributed by atoms with Gasteiger partial charge in [0.1, 0.15) is 5.75 Å². The molecule has 0 unspecified atom stereocenters. The maximum atomic E-state index is 12.6. The number of amides is 2. The second-order valence-corrected chi connectivity index (χ2v) is 8.36. The molecule has 3 rings (SSSR count). The van der Waals surface area contributed by atoms with E-state index in [0.29, 0.717) is 35.0 Å². The summed E-state index contributed by atoms with van der Waals surface area (Å²) in [5.41, 5.74) is 1.84. The number of para-hydroxylation sites is 1. The van der Waals surface area contributed by atoms with Crippen molar-refractivity contribution in [3.8, 4) is 17.2 Å². The van der Waals surface area contributed by atoms with E-state index in [2.05, 4.69) is 10.6 Å². The van der Waals surface area contributed by atoms with Gasteiger partial charge in [-0.15, -0.1) is 0 Å². The van der Waals surface area contributed by atoms with Crippen molar-refractivity contribution >= 4 is 17.5 Å². The summed E-state index contributed by atoms with van der Waals surface area (Å²) in [6.07, 6.45) is 0. The molecule has 2 N–H and O–H groups in total. The maximum absolute atomic E-state index is 12.6. The number of methoxy groups -OCH3 is 2. The van der Waals surface area contributed by atoms with Crippen LogP contribution in [0.3, 0.4) is 0 Å². The quantitative estimate of drug-likeness (QED) is 0.466. The fourth-order valence-electron chi connectivity index (χ4n) is 3.32. The van der Waals surface area contributed by atoms with E-state index in [1.807, 2.05) is 68.4 Å². The first-order chi connectivity index (χ1) is 16.3. The molecule has 3 aromatic carbocycles. The highest BCUT2D eigenvalue weighted by Gasteiger charge is 2.22. The number of rotatable bonds is 10. The maximum Gasteiger partial charge on any atom is 0.257 e. The fourth-order valence-corrected chi connectivity index (χ4v) is 3.32. The Kier molecular flexibility index (Phi) is 8.14. The van der Waals surface area contributed by atoms with Crippen molar-refractivity contribution in [1.82, 2.24) is 5.32 Å². The third-order valence-electron chi connectivity index (χ3n) is 5.41. The molecule has 0 saturated heterocycles. The third kappa shape index (κ3) is 6.51. The number of ether oxygens (including phenoxy) is 3. The Morgan fingerprint density at radius 1 is 0.853 bits per heavy atom. The number of carbonyl (C=O) groups excluding carboxylic acids is 2. The summed E-state index contributed by atoms with van der Waals surface area (Å²) in [4.78, 5) is 24.8. The number of anilines is 1. The van der Waals surface area contributed by atoms with Gasteiger partial charge in [0.25, 0.3) is 11.8 Å². The van der Waals surface area contributed by atoms with Crippen LogP contribution in [0, 0.1) is 0 Å². The minimum atomic E-state index is -0.311. The third-order valence-corrected chi connectivity index (χ3v) is 5.41. The van der Waals surface area contributed by atoms with Gasteiger partial charge in [0.15, 0.2) is 18.1 Å². The van der Waals surface area contributed by atoms with Gasteiger partial charge in [-0.2, -0.15) is 0 Å². The van der Waals surface area contributed by atoms with E-state index in [-0.39, 0.29) is 23.8 Å². The topological polar surface area (TPSA) is 85.9 Å². The Balaban J connectivity index is 1.55. The first kappa shape index (κ1) is 24.6. The molecule has 7 heteroatoms. The van der Waals surface area contributed by atoms with Crippen LogP contribution in [-0.4, -0.2) is 39.2 Å². The predicted octanol–water partition coefficient (Wildman–Crippen LogP) is 4.43. The average Bonchev–Trinajstić information content (AvgIpc) is 2.86. The highest BCUT2D eigenvalue weighted by atomic mass is 16.5. The van der Waals surface area contributed by atoms with Gasteiger partial charge in [0.05, 0.1) is 14.2 Å². The van der Waals surface area contributed by atoms with Gasteiger partial charge in [0, 0.05) is 23.2 Å². The standard InChI is InChI=1S/C27H30N2O5/c1-27(2,18-28-25(30)17-34-22-8-6-5-7-9-22)20-11-13-21(14-12-20)29-26(31)19-10-15-23(32-3)24(16-19)33-4/h5-16H,17-18H2,1-4H3,(H,28,30)(H,29,31). The van der Waals surface area contributed by atoms with Gasteiger partial charge in [-0.1, -0.05) is 44.2 Å². The molecule has 0 atom stereocenters. The zero-order chi connectivity index (χ0) is 24.6. The molecule has 0 fully saturated rings. The van der Waals surface area contributed by atoms with Crippen LogP contribution in [0.5, 0.6) is 17.2 Å². The van der Waals surface area contributed by atoms with Crippen LogP contribution in [0.15, 0.2) is 72.8 Å². The first-order valence-corrected chi connectivity index (χ1v) is 10.9. The van der Waals surface area contributed by atoms with Gasteiger partial charge in [-0.25, -0.2) is 0 Å². The van der Waals surface area contributed by atoms with Crippen LogP contribution >= 0.6 is 0 Å². The summed E-state index contributed by atoms with van der Waals surface area (Å²) in [6, 6.07) is 21.8. The smallest absolute Gasteiger partial charge is 0.257 e. The van der Waals surface area contributed by atoms with Crippen molar-refractivity contribution in [3.05, 3.63) is 83.9 Å². The van der Waals surface area contributed by atoms with E-state index in [1.54, 1.807) is 25.3 Å². The monoisotopic (exact) mass is 462 g/mol. The molecule has 0 aliphatic heterocycles. The Labute approximate surface area is 200 Å². The van der Waals surface area contributed by atoms with Crippen molar-refractivity contribution in [2.24, 2.45) is 0 Å². The van der Waals surface area contributed by atoms with Crippen molar-refractivity contribution in [2.75, 3.05) is 32.7 Å². The molecule has 0 heterocycles. The number of nitrogens with one attached hydrogen (secondary N) is 2. The number of hydrogen-bond acceptors (Lipinski definition) is 5. The van der Waals surface area contributed by atoms with Crippen molar-refractivity contribution < 1.29 is 23.8 Å². The number of carbonyl (C=O) groups is 2. The molecule has 0 spiro atoms. The molecule has 178 valence electrons. The summed E-state index contributed by atoms with van der Waals surface area (Å²) in [6.45, 7) is 4.49. The molecule has 0 bridgehead atoms. The van der Waals surface area contributed by atoms with Crippen molar-refractivity contribution in [3.63, 3.8) is 0 Å². The molecule has 0 aliphatic rings. The van der Waals surface area contributed by atoms with Crippen LogP contribution < -0.4 is 24.8 Å². The van der Waals surface area contributed by atoms with Crippen LogP contribution in [-0.2, 0) is 10.2 Å². The van der Waals surface area contributed by atoms with E-state index >= 15 is 0 Å². The van der Waals surface area contributed by atoms with Crippen molar-refractivity contribution in [2.45, 2.75) is 19.3 Å². The molecule has 34 heavy (non-hydrogen) atoms. The average molecular weight is 463 g/mol. The van der Waals surface area contributed by atoms with Gasteiger partial charge in [-0.3, -0.25) is 9.59 Å². The second-order valence-electron chi connectivity index (χ2n) is 8.36. The minimum Gasteiger partial charge on any atom is -0.493 e.